The van der Waals surface area contributed by atoms with E-state index in [0.29, 0.717) is 28.1 Å². The van der Waals surface area contributed by atoms with E-state index in [1.807, 2.05) is 103 Å². The van der Waals surface area contributed by atoms with E-state index in [-0.39, 0.29) is 11.7 Å². The van der Waals surface area contributed by atoms with E-state index >= 15 is 0 Å². The minimum atomic E-state index is -0.276. The summed E-state index contributed by atoms with van der Waals surface area (Å²) in [5, 5.41) is 4.89. The van der Waals surface area contributed by atoms with Crippen LogP contribution in [0.25, 0.3) is 23.0 Å². The molecule has 5 aromatic rings. The molecule has 1 amide bonds. The highest BCUT2D eigenvalue weighted by molar-refractivity contribution is 8.26. The summed E-state index contributed by atoms with van der Waals surface area (Å²) in [6.07, 6.45) is 3.80. The number of carbonyl (C=O) groups excluding carboxylic acids is 1. The van der Waals surface area contributed by atoms with Gasteiger partial charge in [-0.05, 0) is 72.7 Å². The number of para-hydroxylation sites is 1. The van der Waals surface area contributed by atoms with E-state index in [1.165, 1.54) is 29.5 Å². The molecule has 5 nitrogen and oxygen atoms in total. The molecule has 1 saturated heterocycles. The zero-order valence-corrected chi connectivity index (χ0v) is 24.4. The summed E-state index contributed by atoms with van der Waals surface area (Å²) in [5.41, 5.74) is 6.38. The van der Waals surface area contributed by atoms with Gasteiger partial charge in [-0.15, -0.1) is 0 Å². The molecule has 4 aromatic carbocycles. The van der Waals surface area contributed by atoms with Gasteiger partial charge in [-0.3, -0.25) is 9.69 Å². The normalized spacial score (nSPS) is 14.1. The molecule has 208 valence electrons. The molecule has 6 rings (SSSR count). The van der Waals surface area contributed by atoms with Crippen LogP contribution in [0.1, 0.15) is 22.3 Å². The van der Waals surface area contributed by atoms with Crippen LogP contribution in [0.2, 0.25) is 0 Å². The number of aromatic nitrogens is 2. The fraction of sp³-hybridized carbons (Fsp3) is 0.0882. The van der Waals surface area contributed by atoms with Crippen LogP contribution in [0.3, 0.4) is 0 Å². The first kappa shape index (κ1) is 27.6. The molecule has 8 heteroatoms. The predicted octanol–water partition coefficient (Wildman–Crippen LogP) is 7.97. The molecule has 0 saturated carbocycles. The second-order valence-electron chi connectivity index (χ2n) is 9.91. The molecular weight excluding hydrogens is 566 g/mol. The first-order valence-electron chi connectivity index (χ1n) is 13.4. The van der Waals surface area contributed by atoms with Gasteiger partial charge in [0.15, 0.2) is 0 Å². The van der Waals surface area contributed by atoms with Crippen LogP contribution in [-0.4, -0.2) is 24.9 Å². The van der Waals surface area contributed by atoms with E-state index in [2.05, 4.69) is 0 Å². The summed E-state index contributed by atoms with van der Waals surface area (Å²) in [7, 11) is 0. The third kappa shape index (κ3) is 6.20. The van der Waals surface area contributed by atoms with Crippen LogP contribution in [0, 0.1) is 12.7 Å². The third-order valence-electron chi connectivity index (χ3n) is 6.83. The van der Waals surface area contributed by atoms with Crippen molar-refractivity contribution in [2.45, 2.75) is 20.1 Å². The maximum Gasteiger partial charge on any atom is 0.266 e. The number of thioether (sulfide) groups is 1. The highest BCUT2D eigenvalue weighted by Crippen LogP contribution is 2.36. The van der Waals surface area contributed by atoms with Crippen LogP contribution in [0.5, 0.6) is 5.75 Å². The number of halogens is 1. The number of ether oxygens (including phenoxy) is 1. The van der Waals surface area contributed by atoms with E-state index in [1.54, 1.807) is 17.0 Å². The van der Waals surface area contributed by atoms with Crippen molar-refractivity contribution in [2.24, 2.45) is 0 Å². The molecule has 42 heavy (non-hydrogen) atoms. The molecule has 1 aliphatic heterocycles. The molecule has 2 heterocycles. The molecule has 0 bridgehead atoms. The van der Waals surface area contributed by atoms with Crippen LogP contribution in [-0.2, 0) is 17.9 Å². The number of aryl methyl sites for hydroxylation is 1. The van der Waals surface area contributed by atoms with Gasteiger partial charge in [0.25, 0.3) is 5.91 Å². The number of rotatable bonds is 8. The molecule has 0 atom stereocenters. The first-order chi connectivity index (χ1) is 20.4. The molecule has 0 unspecified atom stereocenters. The minimum absolute atomic E-state index is 0.117. The summed E-state index contributed by atoms with van der Waals surface area (Å²) in [5.74, 6) is 0.292. The quantitative estimate of drug-likeness (QED) is 0.135. The highest BCUT2D eigenvalue weighted by Gasteiger charge is 2.32. The molecule has 1 aliphatic rings. The van der Waals surface area contributed by atoms with Crippen LogP contribution < -0.4 is 4.74 Å². The minimum Gasteiger partial charge on any atom is -0.489 e. The lowest BCUT2D eigenvalue weighted by Gasteiger charge is -2.14. The third-order valence-corrected chi connectivity index (χ3v) is 8.21. The maximum atomic E-state index is 13.5. The number of amides is 1. The predicted molar refractivity (Wildman–Crippen MR) is 170 cm³/mol. The van der Waals surface area contributed by atoms with E-state index < -0.39 is 0 Å². The van der Waals surface area contributed by atoms with Crippen molar-refractivity contribution in [1.82, 2.24) is 14.7 Å². The van der Waals surface area contributed by atoms with Gasteiger partial charge in [-0.2, -0.15) is 5.10 Å². The van der Waals surface area contributed by atoms with E-state index in [4.69, 9.17) is 22.1 Å². The van der Waals surface area contributed by atoms with Gasteiger partial charge in [-0.1, -0.05) is 84.1 Å². The number of benzene rings is 4. The molecule has 0 aliphatic carbocycles. The van der Waals surface area contributed by atoms with Gasteiger partial charge in [0.1, 0.15) is 22.5 Å². The number of hydrogen-bond acceptors (Lipinski definition) is 5. The monoisotopic (exact) mass is 591 g/mol. The molecule has 1 aromatic heterocycles. The van der Waals surface area contributed by atoms with Crippen molar-refractivity contribution >= 4 is 40.3 Å². The fourth-order valence-corrected chi connectivity index (χ4v) is 5.79. The molecular formula is C34H26FN3O2S2. The second kappa shape index (κ2) is 12.1. The lowest BCUT2D eigenvalue weighted by Crippen LogP contribution is -2.27. The lowest BCUT2D eigenvalue weighted by atomic mass is 10.1. The van der Waals surface area contributed by atoms with Crippen LogP contribution in [0.15, 0.2) is 114 Å². The smallest absolute Gasteiger partial charge is 0.266 e. The number of carbonyl (C=O) groups is 1. The Balaban J connectivity index is 1.28. The Morgan fingerprint density at radius 2 is 1.60 bits per heavy atom. The van der Waals surface area contributed by atoms with Crippen molar-refractivity contribution in [3.05, 3.63) is 142 Å². The Labute approximate surface area is 253 Å². The topological polar surface area (TPSA) is 47.4 Å². The Kier molecular flexibility index (Phi) is 7.99. The first-order valence-corrected chi connectivity index (χ1v) is 14.6. The Morgan fingerprint density at radius 3 is 2.31 bits per heavy atom. The van der Waals surface area contributed by atoms with Gasteiger partial charge in [0.05, 0.1) is 22.8 Å². The largest absolute Gasteiger partial charge is 0.489 e. The van der Waals surface area contributed by atoms with Gasteiger partial charge in [-0.25, -0.2) is 9.07 Å². The number of thiocarbonyl (C=S) groups is 1. The fourth-order valence-electron chi connectivity index (χ4n) is 4.54. The van der Waals surface area contributed by atoms with Crippen molar-refractivity contribution < 1.29 is 13.9 Å². The molecule has 0 radical (unpaired) electrons. The highest BCUT2D eigenvalue weighted by atomic mass is 32.2. The number of hydrogen-bond donors (Lipinski definition) is 0. The SMILES string of the molecule is Cc1ccc(CN2C(=O)C(=Cc3cn(-c4ccccc4)nc3-c3ccc(OCc4ccc(F)cc4)cc3)SC2=S)cc1. The van der Waals surface area contributed by atoms with Gasteiger partial charge in [0.2, 0.25) is 0 Å². The molecule has 1 fully saturated rings. The van der Waals surface area contributed by atoms with Crippen molar-refractivity contribution in [2.75, 3.05) is 0 Å². The van der Waals surface area contributed by atoms with Crippen molar-refractivity contribution in [3.63, 3.8) is 0 Å². The standard InChI is InChI=1S/C34H26FN3O2S2/c1-23-7-9-24(10-8-23)20-37-33(39)31(42-34(37)41)19-27-21-38(29-5-3-2-4-6-29)36-32(27)26-13-17-30(18-14-26)40-22-25-11-15-28(35)16-12-25/h2-19,21H,20,22H2,1H3. The van der Waals surface area contributed by atoms with Crippen LogP contribution >= 0.6 is 24.0 Å². The van der Waals surface area contributed by atoms with Gasteiger partial charge in [0, 0.05) is 17.3 Å². The summed E-state index contributed by atoms with van der Waals surface area (Å²) in [6, 6.07) is 31.8. The Morgan fingerprint density at radius 1 is 0.905 bits per heavy atom. The zero-order chi connectivity index (χ0) is 29.1. The Bertz CT molecular complexity index is 1770. The van der Waals surface area contributed by atoms with Crippen molar-refractivity contribution in [1.29, 1.82) is 0 Å². The van der Waals surface area contributed by atoms with E-state index in [0.717, 1.165) is 33.6 Å². The molecule has 0 N–H and O–H groups in total. The average Bonchev–Trinajstić information content (AvgIpc) is 3.55. The van der Waals surface area contributed by atoms with Gasteiger partial charge < -0.3 is 4.74 Å². The summed E-state index contributed by atoms with van der Waals surface area (Å²) >= 11 is 6.90. The lowest BCUT2D eigenvalue weighted by molar-refractivity contribution is -0.122. The zero-order valence-electron chi connectivity index (χ0n) is 22.7. The number of nitrogens with zero attached hydrogens (tertiary/aromatic N) is 3. The Hall–Kier alpha value is -4.53. The summed E-state index contributed by atoms with van der Waals surface area (Å²) in [4.78, 5) is 15.7. The maximum absolute atomic E-state index is 13.5. The summed E-state index contributed by atoms with van der Waals surface area (Å²) in [6.45, 7) is 2.80. The summed E-state index contributed by atoms with van der Waals surface area (Å²) < 4.78 is 21.5. The van der Waals surface area contributed by atoms with Gasteiger partial charge >= 0.3 is 0 Å². The average molecular weight is 592 g/mol. The van der Waals surface area contributed by atoms with Crippen molar-refractivity contribution in [3.8, 4) is 22.7 Å². The molecule has 0 spiro atoms. The van der Waals surface area contributed by atoms with Crippen LogP contribution in [0.4, 0.5) is 4.39 Å². The van der Waals surface area contributed by atoms with E-state index in [9.17, 15) is 9.18 Å². The second-order valence-corrected chi connectivity index (χ2v) is 11.6.